The van der Waals surface area contributed by atoms with Crippen LogP contribution in [0.15, 0.2) is 18.2 Å². The van der Waals surface area contributed by atoms with Crippen molar-refractivity contribution in [2.75, 3.05) is 0 Å². The van der Waals surface area contributed by atoms with Gasteiger partial charge in [0.05, 0.1) is 10.0 Å². The van der Waals surface area contributed by atoms with E-state index in [9.17, 15) is 0 Å². The van der Waals surface area contributed by atoms with Crippen LogP contribution < -0.4 is 11.3 Å². The molecule has 0 bridgehead atoms. The maximum atomic E-state index is 5.75. The number of rotatable bonds is 2. The van der Waals surface area contributed by atoms with Gasteiger partial charge in [-0.2, -0.15) is 0 Å². The second-order valence-corrected chi connectivity index (χ2v) is 2.94. The molecule has 0 amide bonds. The van der Waals surface area contributed by atoms with Crippen molar-refractivity contribution >= 4 is 48.0 Å². The first-order chi connectivity index (χ1) is 5.24. The largest absolute Gasteiger partial charge is 0.271 e. The van der Waals surface area contributed by atoms with E-state index in [0.29, 0.717) is 16.6 Å². The Bertz CT molecular complexity index is 254. The van der Waals surface area contributed by atoms with Crippen LogP contribution in [0.25, 0.3) is 0 Å². The van der Waals surface area contributed by atoms with Crippen LogP contribution in [-0.2, 0) is 6.54 Å². The summed E-state index contributed by atoms with van der Waals surface area (Å²) in [4.78, 5) is 0. The highest BCUT2D eigenvalue weighted by atomic mass is 35.5. The second-order valence-electron chi connectivity index (χ2n) is 2.13. The molecule has 1 rings (SSSR count). The molecule has 0 unspecified atom stereocenters. The Morgan fingerprint density at radius 2 is 1.77 bits per heavy atom. The topological polar surface area (TPSA) is 38.0 Å². The van der Waals surface area contributed by atoms with Gasteiger partial charge in [-0.25, -0.2) is 0 Å². The second kappa shape index (κ2) is 7.68. The maximum absolute atomic E-state index is 5.75. The van der Waals surface area contributed by atoms with E-state index in [-0.39, 0.29) is 24.8 Å². The van der Waals surface area contributed by atoms with Crippen LogP contribution in [0.5, 0.6) is 0 Å². The van der Waals surface area contributed by atoms with Crippen LogP contribution in [0.1, 0.15) is 5.56 Å². The zero-order chi connectivity index (χ0) is 8.27. The molecule has 0 spiro atoms. The smallest absolute Gasteiger partial charge is 0.0595 e. The molecule has 0 saturated carbocycles. The molecule has 0 aliphatic rings. The van der Waals surface area contributed by atoms with Gasteiger partial charge < -0.3 is 0 Å². The predicted octanol–water partition coefficient (Wildman–Crippen LogP) is 2.80. The lowest BCUT2D eigenvalue weighted by molar-refractivity contribution is 0.741. The van der Waals surface area contributed by atoms with Crippen molar-refractivity contribution in [3.8, 4) is 0 Å². The van der Waals surface area contributed by atoms with E-state index in [2.05, 4.69) is 5.43 Å². The van der Waals surface area contributed by atoms with Gasteiger partial charge in [0.2, 0.25) is 0 Å². The van der Waals surface area contributed by atoms with Gasteiger partial charge in [0.1, 0.15) is 0 Å². The SMILES string of the molecule is Cl.Cl.NNCc1ccc(Cl)c(Cl)c1. The number of halogens is 4. The van der Waals surface area contributed by atoms with Gasteiger partial charge in [-0.1, -0.05) is 29.3 Å². The summed E-state index contributed by atoms with van der Waals surface area (Å²) in [7, 11) is 0. The Morgan fingerprint density at radius 3 is 2.23 bits per heavy atom. The van der Waals surface area contributed by atoms with Crippen LogP contribution in [-0.4, -0.2) is 0 Å². The van der Waals surface area contributed by atoms with Crippen LogP contribution in [0.3, 0.4) is 0 Å². The average molecular weight is 264 g/mol. The Morgan fingerprint density at radius 1 is 1.15 bits per heavy atom. The molecule has 6 heteroatoms. The summed E-state index contributed by atoms with van der Waals surface area (Å²) in [6.45, 7) is 0.594. The van der Waals surface area contributed by atoms with E-state index < -0.39 is 0 Å². The van der Waals surface area contributed by atoms with Crippen LogP contribution in [0.4, 0.5) is 0 Å². The molecule has 0 aromatic heterocycles. The average Bonchev–Trinajstić information content (AvgIpc) is 1.98. The fraction of sp³-hybridized carbons (Fsp3) is 0.143. The predicted molar refractivity (Wildman–Crippen MR) is 62.0 cm³/mol. The van der Waals surface area contributed by atoms with Crippen LogP contribution >= 0.6 is 48.0 Å². The van der Waals surface area contributed by atoms with E-state index in [1.165, 1.54) is 0 Å². The number of hydrazine groups is 1. The van der Waals surface area contributed by atoms with Gasteiger partial charge in [-0.05, 0) is 17.7 Å². The molecule has 0 aliphatic carbocycles. The number of nitrogens with two attached hydrogens (primary N) is 1. The molecule has 0 saturated heterocycles. The Balaban J connectivity index is 0. The summed E-state index contributed by atoms with van der Waals surface area (Å²) in [6.07, 6.45) is 0. The minimum Gasteiger partial charge on any atom is -0.271 e. The lowest BCUT2D eigenvalue weighted by atomic mass is 10.2. The Kier molecular flexibility index (Phi) is 9.31. The Labute approximate surface area is 99.6 Å². The summed E-state index contributed by atoms with van der Waals surface area (Å²) in [5.41, 5.74) is 3.54. The normalized spacial score (nSPS) is 8.54. The third-order valence-corrected chi connectivity index (χ3v) is 2.03. The molecule has 1 aromatic rings. The van der Waals surface area contributed by atoms with Gasteiger partial charge >= 0.3 is 0 Å². The summed E-state index contributed by atoms with van der Waals surface area (Å²) in [5, 5.41) is 1.12. The maximum Gasteiger partial charge on any atom is 0.0595 e. The molecule has 1 aromatic carbocycles. The summed E-state index contributed by atoms with van der Waals surface area (Å²) < 4.78 is 0. The first-order valence-corrected chi connectivity index (χ1v) is 3.87. The summed E-state index contributed by atoms with van der Waals surface area (Å²) in [6, 6.07) is 5.40. The third-order valence-electron chi connectivity index (χ3n) is 1.29. The number of benzene rings is 1. The standard InChI is InChI=1S/C7H8Cl2N2.2ClH/c8-6-2-1-5(4-11-10)3-7(6)9;;/h1-3,11H,4,10H2;2*1H. The molecule has 76 valence electrons. The zero-order valence-electron chi connectivity index (χ0n) is 6.59. The molecular formula is C7H10Cl4N2. The zero-order valence-corrected chi connectivity index (χ0v) is 9.73. The molecule has 0 fully saturated rings. The summed E-state index contributed by atoms with van der Waals surface area (Å²) >= 11 is 11.4. The van der Waals surface area contributed by atoms with Crippen molar-refractivity contribution in [2.45, 2.75) is 6.54 Å². The highest BCUT2D eigenvalue weighted by Gasteiger charge is 1.97. The van der Waals surface area contributed by atoms with E-state index in [4.69, 9.17) is 29.0 Å². The van der Waals surface area contributed by atoms with Gasteiger partial charge in [-0.3, -0.25) is 11.3 Å². The van der Waals surface area contributed by atoms with Gasteiger partial charge in [0.15, 0.2) is 0 Å². The first kappa shape index (κ1) is 15.8. The van der Waals surface area contributed by atoms with Gasteiger partial charge in [0.25, 0.3) is 0 Å². The minimum absolute atomic E-state index is 0. The van der Waals surface area contributed by atoms with Crippen molar-refractivity contribution in [1.29, 1.82) is 0 Å². The van der Waals surface area contributed by atoms with Crippen molar-refractivity contribution in [1.82, 2.24) is 5.43 Å². The molecule has 0 radical (unpaired) electrons. The Hall–Kier alpha value is 0.300. The van der Waals surface area contributed by atoms with E-state index in [0.717, 1.165) is 5.56 Å². The van der Waals surface area contributed by atoms with E-state index in [1.807, 2.05) is 6.07 Å². The molecular weight excluding hydrogens is 254 g/mol. The highest BCUT2D eigenvalue weighted by Crippen LogP contribution is 2.22. The van der Waals surface area contributed by atoms with Gasteiger partial charge in [-0.15, -0.1) is 24.8 Å². The molecule has 0 atom stereocenters. The minimum atomic E-state index is 0. The monoisotopic (exact) mass is 262 g/mol. The fourth-order valence-corrected chi connectivity index (χ4v) is 1.09. The lowest BCUT2D eigenvalue weighted by Crippen LogP contribution is -2.20. The lowest BCUT2D eigenvalue weighted by Gasteiger charge is -2.00. The molecule has 13 heavy (non-hydrogen) atoms. The van der Waals surface area contributed by atoms with Crippen molar-refractivity contribution in [3.63, 3.8) is 0 Å². The fourth-order valence-electron chi connectivity index (χ4n) is 0.767. The number of hydrogen-bond donors (Lipinski definition) is 2. The number of nitrogens with one attached hydrogen (secondary N) is 1. The number of hydrogen-bond acceptors (Lipinski definition) is 2. The quantitative estimate of drug-likeness (QED) is 0.636. The van der Waals surface area contributed by atoms with Crippen LogP contribution in [0.2, 0.25) is 10.0 Å². The summed E-state index contributed by atoms with van der Waals surface area (Å²) in [5.74, 6) is 5.12. The van der Waals surface area contributed by atoms with Crippen molar-refractivity contribution in [3.05, 3.63) is 33.8 Å². The molecule has 0 aliphatic heterocycles. The van der Waals surface area contributed by atoms with E-state index in [1.54, 1.807) is 12.1 Å². The van der Waals surface area contributed by atoms with E-state index >= 15 is 0 Å². The molecule has 3 N–H and O–H groups in total. The van der Waals surface area contributed by atoms with Crippen LogP contribution in [0, 0.1) is 0 Å². The van der Waals surface area contributed by atoms with Gasteiger partial charge in [0, 0.05) is 6.54 Å². The molecule has 2 nitrogen and oxygen atoms in total. The molecule has 0 heterocycles. The van der Waals surface area contributed by atoms with Crippen molar-refractivity contribution < 1.29 is 0 Å². The highest BCUT2D eigenvalue weighted by molar-refractivity contribution is 6.42. The first-order valence-electron chi connectivity index (χ1n) is 3.11. The van der Waals surface area contributed by atoms with Crippen molar-refractivity contribution in [2.24, 2.45) is 5.84 Å². The third kappa shape index (κ3) is 4.91.